The lowest BCUT2D eigenvalue weighted by molar-refractivity contribution is 0.0940. The van der Waals surface area contributed by atoms with Gasteiger partial charge in [-0.3, -0.25) is 15.0 Å². The van der Waals surface area contributed by atoms with Crippen LogP contribution in [0, 0.1) is 12.8 Å². The lowest BCUT2D eigenvalue weighted by Gasteiger charge is -2.32. The van der Waals surface area contributed by atoms with Gasteiger partial charge >= 0.3 is 0 Å². The van der Waals surface area contributed by atoms with Crippen molar-refractivity contribution in [2.75, 3.05) is 24.5 Å². The van der Waals surface area contributed by atoms with Crippen molar-refractivity contribution in [2.24, 2.45) is 5.92 Å². The van der Waals surface area contributed by atoms with Crippen LogP contribution in [0.2, 0.25) is 0 Å². The number of benzene rings is 1. The Balaban J connectivity index is 1.11. The van der Waals surface area contributed by atoms with Gasteiger partial charge in [0.25, 0.3) is 5.91 Å². The number of hydrogen-bond donors (Lipinski definition) is 3. The number of carbonyl (C=O) groups excluding carboxylic acids is 1. The van der Waals surface area contributed by atoms with Gasteiger partial charge in [0.15, 0.2) is 5.82 Å². The monoisotopic (exact) mass is 404 g/mol. The van der Waals surface area contributed by atoms with E-state index in [4.69, 9.17) is 0 Å². The number of carbonyl (C=O) groups is 1. The second-order valence-corrected chi connectivity index (χ2v) is 8.63. The number of anilines is 1. The summed E-state index contributed by atoms with van der Waals surface area (Å²) >= 11 is 0. The smallest absolute Gasteiger partial charge is 0.271 e. The molecule has 30 heavy (non-hydrogen) atoms. The summed E-state index contributed by atoms with van der Waals surface area (Å²) in [6.07, 6.45) is 4.48. The molecule has 3 N–H and O–H groups in total. The first-order chi connectivity index (χ1) is 14.7. The first-order valence-corrected chi connectivity index (χ1v) is 10.9. The lowest BCUT2D eigenvalue weighted by atomic mass is 9.96. The molecule has 156 valence electrons. The fraction of sp³-hybridized carbons (Fsp3) is 0.435. The van der Waals surface area contributed by atoms with Crippen molar-refractivity contribution in [1.82, 2.24) is 25.7 Å². The third-order valence-corrected chi connectivity index (χ3v) is 6.26. The Morgan fingerprint density at radius 1 is 1.07 bits per heavy atom. The SMILES string of the molecule is Cc1ccc(-c2cc(N3CCC(CNC(=O)c4cc(C5CC5)[nH]n4)CC3)n[nH]2)cc1. The van der Waals surface area contributed by atoms with Crippen LogP contribution >= 0.6 is 0 Å². The van der Waals surface area contributed by atoms with Crippen LogP contribution in [-0.4, -0.2) is 45.9 Å². The van der Waals surface area contributed by atoms with E-state index in [1.165, 1.54) is 18.4 Å². The van der Waals surface area contributed by atoms with Crippen molar-refractivity contribution in [3.63, 3.8) is 0 Å². The van der Waals surface area contributed by atoms with Crippen LogP contribution in [0.15, 0.2) is 36.4 Å². The van der Waals surface area contributed by atoms with Crippen LogP contribution in [0.1, 0.15) is 53.3 Å². The number of H-pyrrole nitrogens is 2. The van der Waals surface area contributed by atoms with Gasteiger partial charge in [0.05, 0.1) is 5.69 Å². The van der Waals surface area contributed by atoms with Crippen LogP contribution < -0.4 is 10.2 Å². The Bertz CT molecular complexity index is 1010. The standard InChI is InChI=1S/C23H28N6O/c1-15-2-4-17(5-3-15)20-13-22(28-26-20)29-10-8-16(9-11-29)14-24-23(30)21-12-19(25-27-21)18-6-7-18/h2-5,12-13,16,18H,6-11,14H2,1H3,(H,24,30)(H,25,27)(H,26,28). The number of nitrogens with one attached hydrogen (secondary N) is 3. The van der Waals surface area contributed by atoms with Gasteiger partial charge in [0.2, 0.25) is 0 Å². The van der Waals surface area contributed by atoms with Crippen LogP contribution in [0.4, 0.5) is 5.82 Å². The fourth-order valence-electron chi connectivity index (χ4n) is 4.10. The molecule has 1 saturated carbocycles. The molecule has 0 bridgehead atoms. The summed E-state index contributed by atoms with van der Waals surface area (Å²) in [6, 6.07) is 12.5. The lowest BCUT2D eigenvalue weighted by Crippen LogP contribution is -2.38. The Morgan fingerprint density at radius 3 is 2.57 bits per heavy atom. The Labute approximate surface area is 176 Å². The zero-order valence-corrected chi connectivity index (χ0v) is 17.3. The third-order valence-electron chi connectivity index (χ3n) is 6.26. The number of aryl methyl sites for hydroxylation is 1. The van der Waals surface area contributed by atoms with Crippen LogP contribution in [0.3, 0.4) is 0 Å². The van der Waals surface area contributed by atoms with E-state index in [1.54, 1.807) is 0 Å². The first-order valence-electron chi connectivity index (χ1n) is 10.9. The van der Waals surface area contributed by atoms with E-state index < -0.39 is 0 Å². The van der Waals surface area contributed by atoms with Crippen LogP contribution in [-0.2, 0) is 0 Å². The number of hydrogen-bond acceptors (Lipinski definition) is 4. The molecule has 1 aliphatic carbocycles. The maximum Gasteiger partial charge on any atom is 0.271 e. The number of nitrogens with zero attached hydrogens (tertiary/aromatic N) is 3. The molecular weight excluding hydrogens is 376 g/mol. The molecule has 2 aliphatic rings. The van der Waals surface area contributed by atoms with E-state index in [1.807, 2.05) is 6.07 Å². The Hall–Kier alpha value is -3.09. The largest absolute Gasteiger partial charge is 0.355 e. The quantitative estimate of drug-likeness (QED) is 0.585. The highest BCUT2D eigenvalue weighted by Gasteiger charge is 2.27. The second-order valence-electron chi connectivity index (χ2n) is 8.63. The normalized spacial score (nSPS) is 17.3. The summed E-state index contributed by atoms with van der Waals surface area (Å²) in [4.78, 5) is 14.7. The molecule has 7 heteroatoms. The van der Waals surface area contributed by atoms with Crippen molar-refractivity contribution < 1.29 is 4.79 Å². The van der Waals surface area contributed by atoms with E-state index in [0.29, 0.717) is 24.1 Å². The van der Waals surface area contributed by atoms with Crippen LogP contribution in [0.5, 0.6) is 0 Å². The van der Waals surface area contributed by atoms with Crippen molar-refractivity contribution in [2.45, 2.75) is 38.5 Å². The molecule has 3 heterocycles. The van der Waals surface area contributed by atoms with Gasteiger partial charge in [-0.25, -0.2) is 0 Å². The highest BCUT2D eigenvalue weighted by Crippen LogP contribution is 2.39. The van der Waals surface area contributed by atoms with Gasteiger partial charge in [-0.05, 0) is 50.2 Å². The predicted molar refractivity (Wildman–Crippen MR) is 117 cm³/mol. The molecule has 0 radical (unpaired) electrons. The van der Waals surface area contributed by atoms with Gasteiger partial charge in [-0.2, -0.15) is 10.2 Å². The minimum atomic E-state index is -0.0735. The average molecular weight is 405 g/mol. The molecule has 5 rings (SSSR count). The van der Waals surface area contributed by atoms with Crippen molar-refractivity contribution in [3.05, 3.63) is 53.3 Å². The van der Waals surface area contributed by atoms with Gasteiger partial charge in [0.1, 0.15) is 5.69 Å². The molecule has 7 nitrogen and oxygen atoms in total. The highest BCUT2D eigenvalue weighted by atomic mass is 16.1. The third kappa shape index (κ3) is 4.10. The zero-order valence-electron chi connectivity index (χ0n) is 17.3. The molecule has 1 aromatic carbocycles. The summed E-state index contributed by atoms with van der Waals surface area (Å²) in [5, 5.41) is 17.9. The maximum atomic E-state index is 12.4. The Morgan fingerprint density at radius 2 is 1.83 bits per heavy atom. The summed E-state index contributed by atoms with van der Waals surface area (Å²) in [5.41, 5.74) is 5.05. The van der Waals surface area contributed by atoms with E-state index in [2.05, 4.69) is 67.9 Å². The van der Waals surface area contributed by atoms with Gasteiger partial charge < -0.3 is 10.2 Å². The topological polar surface area (TPSA) is 89.7 Å². The number of aromatic amines is 2. The molecule has 1 aliphatic heterocycles. The van der Waals surface area contributed by atoms with E-state index in [9.17, 15) is 4.79 Å². The van der Waals surface area contributed by atoms with E-state index in [-0.39, 0.29) is 5.91 Å². The summed E-state index contributed by atoms with van der Waals surface area (Å²) in [5.74, 6) is 1.99. The van der Waals surface area contributed by atoms with Crippen molar-refractivity contribution in [1.29, 1.82) is 0 Å². The number of rotatable bonds is 6. The highest BCUT2D eigenvalue weighted by molar-refractivity contribution is 5.92. The molecule has 0 atom stereocenters. The van der Waals surface area contributed by atoms with Gasteiger partial charge in [0, 0.05) is 37.3 Å². The molecular formula is C23H28N6O. The number of piperidine rings is 1. The van der Waals surface area contributed by atoms with Gasteiger partial charge in [-0.1, -0.05) is 29.8 Å². The molecule has 1 saturated heterocycles. The van der Waals surface area contributed by atoms with Crippen molar-refractivity contribution in [3.8, 4) is 11.3 Å². The molecule has 0 spiro atoms. The van der Waals surface area contributed by atoms with Gasteiger partial charge in [-0.15, -0.1) is 0 Å². The second kappa shape index (κ2) is 7.97. The molecule has 0 unspecified atom stereocenters. The first kappa shape index (κ1) is 18.9. The molecule has 3 aromatic rings. The molecule has 2 aromatic heterocycles. The number of amides is 1. The van der Waals surface area contributed by atoms with E-state index in [0.717, 1.165) is 48.7 Å². The number of aromatic nitrogens is 4. The summed E-state index contributed by atoms with van der Waals surface area (Å²) in [7, 11) is 0. The van der Waals surface area contributed by atoms with Crippen LogP contribution in [0.25, 0.3) is 11.3 Å². The summed E-state index contributed by atoms with van der Waals surface area (Å²) < 4.78 is 0. The Kier molecular flexibility index (Phi) is 5.02. The van der Waals surface area contributed by atoms with Crippen molar-refractivity contribution >= 4 is 11.7 Å². The minimum Gasteiger partial charge on any atom is -0.355 e. The van der Waals surface area contributed by atoms with E-state index >= 15 is 0 Å². The average Bonchev–Trinajstić information content (AvgIpc) is 3.29. The fourth-order valence-corrected chi connectivity index (χ4v) is 4.10. The maximum absolute atomic E-state index is 12.4. The predicted octanol–water partition coefficient (Wildman–Crippen LogP) is 3.63. The summed E-state index contributed by atoms with van der Waals surface area (Å²) in [6.45, 7) is 4.70. The minimum absolute atomic E-state index is 0.0735. The molecule has 1 amide bonds. The zero-order chi connectivity index (χ0) is 20.5. The molecule has 2 fully saturated rings.